The molecule has 0 spiro atoms. The fourth-order valence-electron chi connectivity index (χ4n) is 3.21. The number of rotatable bonds is 14. The van der Waals surface area contributed by atoms with Gasteiger partial charge in [0.1, 0.15) is 12.1 Å². The van der Waals surface area contributed by atoms with Gasteiger partial charge in [0.2, 0.25) is 17.7 Å². The van der Waals surface area contributed by atoms with Crippen LogP contribution in [0, 0.1) is 16.0 Å². The second-order valence-electron chi connectivity index (χ2n) is 9.29. The van der Waals surface area contributed by atoms with Crippen molar-refractivity contribution in [2.75, 3.05) is 11.9 Å². The molecule has 0 aliphatic carbocycles. The van der Waals surface area contributed by atoms with Crippen LogP contribution in [0.25, 0.3) is 0 Å². The number of nitrogens with one attached hydrogen (secondary N) is 3. The number of nitrogens with zero attached hydrogens (tertiary/aromatic N) is 2. The molecule has 0 saturated heterocycles. The summed E-state index contributed by atoms with van der Waals surface area (Å²) >= 11 is 0. The molecule has 1 rings (SSSR count). The lowest BCUT2D eigenvalue weighted by atomic mass is 10.0. The van der Waals surface area contributed by atoms with Crippen LogP contribution in [-0.4, -0.2) is 75.6 Å². The van der Waals surface area contributed by atoms with Gasteiger partial charge in [-0.05, 0) is 44.2 Å². The number of carbonyl (C=O) groups is 4. The Balaban J connectivity index is 0.00000354. The van der Waals surface area contributed by atoms with E-state index in [2.05, 4.69) is 20.9 Å². The molecule has 0 radical (unpaired) electrons. The molecule has 0 saturated carbocycles. The van der Waals surface area contributed by atoms with Crippen molar-refractivity contribution in [1.82, 2.24) is 10.6 Å². The Labute approximate surface area is 231 Å². The molecule has 1 aromatic carbocycles. The summed E-state index contributed by atoms with van der Waals surface area (Å²) in [5.41, 5.74) is 16.6. The Morgan fingerprint density at radius 1 is 1.02 bits per heavy atom. The molecule has 11 N–H and O–H groups in total. The average molecular weight is 569 g/mol. The molecule has 0 fully saturated rings. The van der Waals surface area contributed by atoms with Crippen LogP contribution in [-0.2, 0) is 19.2 Å². The van der Waals surface area contributed by atoms with E-state index in [1.54, 1.807) is 0 Å². The lowest BCUT2D eigenvalue weighted by Gasteiger charge is -2.26. The number of anilines is 1. The largest absolute Gasteiger partial charge is 0.481 e. The van der Waals surface area contributed by atoms with Crippen molar-refractivity contribution in [1.29, 1.82) is 0 Å². The lowest BCUT2D eigenvalue weighted by Crippen LogP contribution is -2.58. The summed E-state index contributed by atoms with van der Waals surface area (Å²) < 4.78 is 0. The van der Waals surface area contributed by atoms with Gasteiger partial charge >= 0.3 is 0 Å². The molecule has 0 unspecified atom stereocenters. The maximum absolute atomic E-state index is 12.9. The first kappa shape index (κ1) is 35.7. The lowest BCUT2D eigenvalue weighted by molar-refractivity contribution is -0.384. The monoisotopic (exact) mass is 568 g/mol. The highest BCUT2D eigenvalue weighted by atomic mass is 16.6. The van der Waals surface area contributed by atoms with Crippen LogP contribution in [0.15, 0.2) is 29.3 Å². The van der Waals surface area contributed by atoms with Crippen molar-refractivity contribution in [2.24, 2.45) is 28.1 Å². The van der Waals surface area contributed by atoms with Crippen LogP contribution in [0.2, 0.25) is 0 Å². The number of hydrogen-bond donors (Lipinski definition) is 8. The smallest absolute Gasteiger partial charge is 0.300 e. The van der Waals surface area contributed by atoms with Crippen LogP contribution >= 0.6 is 0 Å². The molecule has 0 aliphatic rings. The number of aliphatic hydroxyl groups excluding tert-OH is 1. The van der Waals surface area contributed by atoms with Crippen LogP contribution in [0.4, 0.5) is 11.4 Å². The molecule has 0 heterocycles. The number of aliphatic carboxylic acids is 1. The van der Waals surface area contributed by atoms with E-state index in [0.717, 1.165) is 6.92 Å². The number of aliphatic hydroxyl groups is 1. The predicted molar refractivity (Wildman–Crippen MR) is 148 cm³/mol. The third-order valence-electron chi connectivity index (χ3n) is 5.05. The van der Waals surface area contributed by atoms with Gasteiger partial charge in [0.25, 0.3) is 11.7 Å². The van der Waals surface area contributed by atoms with Crippen molar-refractivity contribution in [3.8, 4) is 0 Å². The van der Waals surface area contributed by atoms with E-state index in [0.29, 0.717) is 12.8 Å². The fraction of sp³-hybridized carbons (Fsp3) is 0.542. The first-order valence-electron chi connectivity index (χ1n) is 12.4. The van der Waals surface area contributed by atoms with Crippen LogP contribution in [0.3, 0.4) is 0 Å². The first-order chi connectivity index (χ1) is 18.5. The van der Waals surface area contributed by atoms with Crippen LogP contribution in [0.5, 0.6) is 0 Å². The molecule has 40 heavy (non-hydrogen) atoms. The summed E-state index contributed by atoms with van der Waals surface area (Å²) in [4.78, 5) is 61.4. The molecule has 16 heteroatoms. The van der Waals surface area contributed by atoms with Crippen molar-refractivity contribution < 1.29 is 34.3 Å². The Morgan fingerprint density at radius 3 is 2.02 bits per heavy atom. The maximum Gasteiger partial charge on any atom is 0.300 e. The number of nitro groups is 1. The number of non-ortho nitro benzene ring substituents is 1. The highest BCUT2D eigenvalue weighted by molar-refractivity contribution is 5.98. The first-order valence-corrected chi connectivity index (χ1v) is 12.4. The van der Waals surface area contributed by atoms with E-state index in [-0.39, 0.29) is 36.2 Å². The van der Waals surface area contributed by atoms with Gasteiger partial charge in [0.05, 0.1) is 17.1 Å². The summed E-state index contributed by atoms with van der Waals surface area (Å²) in [5, 5.41) is 35.9. The van der Waals surface area contributed by atoms with Crippen molar-refractivity contribution in [3.05, 3.63) is 34.4 Å². The second kappa shape index (κ2) is 18.1. The SMILES string of the molecule is CC(=O)O.CC(C)C[C@@H](N)C(=O)N[C@H](C(=O)N[C@@H](CCCN=C(N)N)C(=O)Nc1ccc([N+](=O)[O-])cc1)[C@@H](C)O. The standard InChI is InChI=1S/C22H36N8O6.C2H4O2/c1-12(2)11-16(23)19(32)29-18(13(3)31)21(34)28-17(5-4-10-26-22(24)25)20(33)27-14-6-8-15(9-7-14)30(35)36;1-2(3)4/h6-9,12-13,16-18,31H,4-5,10-11,23H2,1-3H3,(H,27,33)(H,28,34)(H,29,32)(H4,24,25,26);1H3,(H,3,4)/t13-,16-,17+,18+;/m1./s1. The number of amides is 3. The topological polar surface area (TPSA) is 278 Å². The molecule has 0 aromatic heterocycles. The summed E-state index contributed by atoms with van der Waals surface area (Å²) in [5.74, 6) is -2.83. The van der Waals surface area contributed by atoms with Gasteiger partial charge in [0, 0.05) is 31.3 Å². The molecule has 1 aromatic rings. The highest BCUT2D eigenvalue weighted by Crippen LogP contribution is 2.16. The number of aliphatic imine (C=N–C) groups is 1. The van der Waals surface area contributed by atoms with Crippen LogP contribution in [0.1, 0.15) is 47.0 Å². The molecule has 0 aliphatic heterocycles. The van der Waals surface area contributed by atoms with Crippen molar-refractivity contribution in [3.63, 3.8) is 0 Å². The number of benzene rings is 1. The average Bonchev–Trinajstić information content (AvgIpc) is 2.83. The zero-order chi connectivity index (χ0) is 31.0. The highest BCUT2D eigenvalue weighted by Gasteiger charge is 2.31. The number of guanidine groups is 1. The van der Waals surface area contributed by atoms with E-state index in [1.165, 1.54) is 31.2 Å². The minimum Gasteiger partial charge on any atom is -0.481 e. The van der Waals surface area contributed by atoms with Crippen LogP contribution < -0.4 is 33.2 Å². The molecule has 3 amide bonds. The zero-order valence-electron chi connectivity index (χ0n) is 23.0. The molecule has 224 valence electrons. The molecular formula is C24H40N8O8. The number of carboxylic acids is 1. The third kappa shape index (κ3) is 15.2. The van der Waals surface area contributed by atoms with E-state index in [4.69, 9.17) is 27.1 Å². The number of hydrogen-bond acceptors (Lipinski definition) is 9. The van der Waals surface area contributed by atoms with Crippen molar-refractivity contribution in [2.45, 2.75) is 71.2 Å². The van der Waals surface area contributed by atoms with E-state index >= 15 is 0 Å². The van der Waals surface area contributed by atoms with E-state index < -0.39 is 52.8 Å². The van der Waals surface area contributed by atoms with Gasteiger partial charge in [-0.1, -0.05) is 13.8 Å². The minimum absolute atomic E-state index is 0.120. The van der Waals surface area contributed by atoms with Gasteiger partial charge in [-0.15, -0.1) is 0 Å². The fourth-order valence-corrected chi connectivity index (χ4v) is 3.21. The molecular weight excluding hydrogens is 528 g/mol. The van der Waals surface area contributed by atoms with Gasteiger partial charge in [-0.25, -0.2) is 0 Å². The van der Waals surface area contributed by atoms with Gasteiger partial charge in [-0.2, -0.15) is 0 Å². The summed E-state index contributed by atoms with van der Waals surface area (Å²) in [6.07, 6.45) is -0.457. The summed E-state index contributed by atoms with van der Waals surface area (Å²) in [6.45, 7) is 6.38. The molecule has 16 nitrogen and oxygen atoms in total. The Kier molecular flexibility index (Phi) is 16.1. The minimum atomic E-state index is -1.36. The number of nitrogens with two attached hydrogens (primary N) is 3. The third-order valence-corrected chi connectivity index (χ3v) is 5.05. The normalized spacial score (nSPS) is 13.4. The zero-order valence-corrected chi connectivity index (χ0v) is 23.0. The predicted octanol–water partition coefficient (Wildman–Crippen LogP) is -0.598. The molecule has 4 atom stereocenters. The maximum atomic E-state index is 12.9. The number of nitro benzene ring substituents is 1. The molecule has 0 bridgehead atoms. The number of carbonyl (C=O) groups excluding carboxylic acids is 3. The Morgan fingerprint density at radius 2 is 1.57 bits per heavy atom. The van der Waals surface area contributed by atoms with Gasteiger partial charge in [0.15, 0.2) is 5.96 Å². The quantitative estimate of drug-likeness (QED) is 0.0461. The number of carboxylic acid groups (broad SMARTS) is 1. The Hall–Kier alpha value is -4.31. The van der Waals surface area contributed by atoms with Crippen molar-refractivity contribution >= 4 is 41.0 Å². The van der Waals surface area contributed by atoms with Gasteiger partial charge < -0.3 is 43.4 Å². The van der Waals surface area contributed by atoms with E-state index in [1.807, 2.05) is 13.8 Å². The summed E-state index contributed by atoms with van der Waals surface area (Å²) in [7, 11) is 0. The van der Waals surface area contributed by atoms with Gasteiger partial charge in [-0.3, -0.25) is 34.3 Å². The Bertz CT molecular complexity index is 1020. The second-order valence-corrected chi connectivity index (χ2v) is 9.29. The van der Waals surface area contributed by atoms with E-state index in [9.17, 15) is 29.6 Å². The summed E-state index contributed by atoms with van der Waals surface area (Å²) in [6, 6.07) is 1.82.